The predicted molar refractivity (Wildman–Crippen MR) is 82.9 cm³/mol. The molecule has 0 aliphatic carbocycles. The number of thioether (sulfide) groups is 1. The minimum atomic E-state index is -2.40. The van der Waals surface area contributed by atoms with Gasteiger partial charge >= 0.3 is 0 Å². The zero-order valence-corrected chi connectivity index (χ0v) is 12.8. The minimum Gasteiger partial charge on any atom is -0.373 e. The van der Waals surface area contributed by atoms with E-state index in [1.807, 2.05) is 19.2 Å². The number of alkyl halides is 2. The van der Waals surface area contributed by atoms with E-state index in [9.17, 15) is 8.78 Å². The van der Waals surface area contributed by atoms with Gasteiger partial charge in [0.1, 0.15) is 12.1 Å². The summed E-state index contributed by atoms with van der Waals surface area (Å²) in [7, 11) is 1.83. The summed E-state index contributed by atoms with van der Waals surface area (Å²) in [6.45, 7) is 2.10. The molecule has 1 heterocycles. The monoisotopic (exact) mass is 309 g/mol. The second-order valence-electron chi connectivity index (χ2n) is 4.45. The zero-order chi connectivity index (χ0) is 15.2. The van der Waals surface area contributed by atoms with Gasteiger partial charge in [0.2, 0.25) is 0 Å². The number of halogens is 2. The van der Waals surface area contributed by atoms with Crippen LogP contribution in [-0.4, -0.2) is 22.8 Å². The highest BCUT2D eigenvalue weighted by molar-refractivity contribution is 7.99. The Morgan fingerprint density at radius 2 is 1.90 bits per heavy atom. The topological polar surface area (TPSA) is 37.8 Å². The van der Waals surface area contributed by atoms with E-state index < -0.39 is 5.76 Å². The number of anilines is 1. The van der Waals surface area contributed by atoms with Crippen LogP contribution in [0.3, 0.4) is 0 Å². The molecule has 0 unspecified atom stereocenters. The van der Waals surface area contributed by atoms with Crippen molar-refractivity contribution in [1.29, 1.82) is 0 Å². The number of aromatic nitrogens is 2. The van der Waals surface area contributed by atoms with E-state index in [2.05, 4.69) is 22.2 Å². The van der Waals surface area contributed by atoms with Gasteiger partial charge in [0.15, 0.2) is 0 Å². The summed E-state index contributed by atoms with van der Waals surface area (Å²) in [5.41, 5.74) is 2.82. The molecule has 0 aliphatic rings. The molecule has 0 aliphatic heterocycles. The third kappa shape index (κ3) is 3.91. The number of hydrogen-bond acceptors (Lipinski definition) is 4. The highest BCUT2D eigenvalue weighted by Gasteiger charge is 2.12. The maximum Gasteiger partial charge on any atom is 0.288 e. The van der Waals surface area contributed by atoms with Crippen LogP contribution in [0.5, 0.6) is 0 Å². The lowest BCUT2D eigenvalue weighted by Gasteiger charge is -2.12. The van der Waals surface area contributed by atoms with Gasteiger partial charge in [-0.05, 0) is 18.6 Å². The SMILES string of the molecule is CCCc1c(NC)ncnc1-c1ccc(SC(F)F)cc1. The van der Waals surface area contributed by atoms with Crippen LogP contribution in [0, 0.1) is 0 Å². The number of nitrogens with one attached hydrogen (secondary N) is 1. The van der Waals surface area contributed by atoms with Crippen LogP contribution in [0.2, 0.25) is 0 Å². The smallest absolute Gasteiger partial charge is 0.288 e. The molecular weight excluding hydrogens is 292 g/mol. The quantitative estimate of drug-likeness (QED) is 0.800. The summed E-state index contributed by atoms with van der Waals surface area (Å²) >= 11 is 0.546. The standard InChI is InChI=1S/C15H17F2N3S/c1-3-4-12-13(19-9-20-14(12)18-2)10-5-7-11(8-6-10)21-15(16)17/h5-9,15H,3-4H2,1-2H3,(H,18,19,20). The number of rotatable bonds is 6. The number of nitrogens with zero attached hydrogens (tertiary/aromatic N) is 2. The Kier molecular flexibility index (Phi) is 5.50. The van der Waals surface area contributed by atoms with Crippen LogP contribution < -0.4 is 5.32 Å². The largest absolute Gasteiger partial charge is 0.373 e. The van der Waals surface area contributed by atoms with Gasteiger partial charge in [0.05, 0.1) is 5.69 Å². The molecule has 0 spiro atoms. The normalized spacial score (nSPS) is 10.9. The first-order valence-electron chi connectivity index (χ1n) is 6.72. The van der Waals surface area contributed by atoms with Gasteiger partial charge in [-0.15, -0.1) is 0 Å². The number of hydrogen-bond donors (Lipinski definition) is 1. The van der Waals surface area contributed by atoms with Crippen molar-refractivity contribution in [2.24, 2.45) is 0 Å². The van der Waals surface area contributed by atoms with Gasteiger partial charge in [-0.1, -0.05) is 37.2 Å². The molecule has 1 aromatic heterocycles. The molecule has 0 saturated carbocycles. The van der Waals surface area contributed by atoms with Crippen LogP contribution in [0.1, 0.15) is 18.9 Å². The molecule has 0 atom stereocenters. The Balaban J connectivity index is 2.37. The maximum atomic E-state index is 12.3. The zero-order valence-electron chi connectivity index (χ0n) is 11.9. The molecule has 1 aromatic carbocycles. The van der Waals surface area contributed by atoms with Crippen molar-refractivity contribution in [3.8, 4) is 11.3 Å². The molecule has 0 saturated heterocycles. The second-order valence-corrected chi connectivity index (χ2v) is 5.52. The summed E-state index contributed by atoms with van der Waals surface area (Å²) < 4.78 is 24.7. The van der Waals surface area contributed by atoms with Crippen LogP contribution in [0.15, 0.2) is 35.5 Å². The lowest BCUT2D eigenvalue weighted by atomic mass is 10.0. The van der Waals surface area contributed by atoms with Crippen molar-refractivity contribution in [2.75, 3.05) is 12.4 Å². The van der Waals surface area contributed by atoms with Crippen LogP contribution in [0.25, 0.3) is 11.3 Å². The van der Waals surface area contributed by atoms with Gasteiger partial charge in [0.25, 0.3) is 5.76 Å². The van der Waals surface area contributed by atoms with Gasteiger partial charge in [-0.2, -0.15) is 8.78 Å². The van der Waals surface area contributed by atoms with Gasteiger partial charge in [-0.3, -0.25) is 0 Å². The van der Waals surface area contributed by atoms with Gasteiger partial charge in [-0.25, -0.2) is 9.97 Å². The fraction of sp³-hybridized carbons (Fsp3) is 0.333. The van der Waals surface area contributed by atoms with Crippen LogP contribution in [0.4, 0.5) is 14.6 Å². The Morgan fingerprint density at radius 3 is 2.48 bits per heavy atom. The Morgan fingerprint density at radius 1 is 1.19 bits per heavy atom. The molecule has 0 bridgehead atoms. The Bertz CT molecular complexity index is 588. The van der Waals surface area contributed by atoms with Crippen molar-refractivity contribution < 1.29 is 8.78 Å². The fourth-order valence-corrected chi connectivity index (χ4v) is 2.66. The highest BCUT2D eigenvalue weighted by Crippen LogP contribution is 2.30. The minimum absolute atomic E-state index is 0.546. The van der Waals surface area contributed by atoms with Crippen molar-refractivity contribution in [3.63, 3.8) is 0 Å². The van der Waals surface area contributed by atoms with Crippen LogP contribution in [-0.2, 0) is 6.42 Å². The van der Waals surface area contributed by atoms with Crippen molar-refractivity contribution in [1.82, 2.24) is 9.97 Å². The average Bonchev–Trinajstić information content (AvgIpc) is 2.48. The molecule has 21 heavy (non-hydrogen) atoms. The van der Waals surface area contributed by atoms with Crippen molar-refractivity contribution in [2.45, 2.75) is 30.4 Å². The molecule has 2 aromatic rings. The first-order valence-corrected chi connectivity index (χ1v) is 7.60. The third-order valence-electron chi connectivity index (χ3n) is 3.04. The molecule has 2 rings (SSSR count). The van der Waals surface area contributed by atoms with Gasteiger partial charge in [0, 0.05) is 23.1 Å². The van der Waals surface area contributed by atoms with E-state index >= 15 is 0 Å². The lowest BCUT2D eigenvalue weighted by Crippen LogP contribution is -2.03. The molecule has 1 N–H and O–H groups in total. The summed E-state index contributed by atoms with van der Waals surface area (Å²) in [6, 6.07) is 7.05. The van der Waals surface area contributed by atoms with Gasteiger partial charge < -0.3 is 5.32 Å². The third-order valence-corrected chi connectivity index (χ3v) is 3.76. The summed E-state index contributed by atoms with van der Waals surface area (Å²) in [4.78, 5) is 9.14. The summed E-state index contributed by atoms with van der Waals surface area (Å²) in [5, 5.41) is 3.07. The van der Waals surface area contributed by atoms with E-state index in [1.54, 1.807) is 12.1 Å². The molecule has 112 valence electrons. The molecule has 0 radical (unpaired) electrons. The van der Waals surface area contributed by atoms with Crippen LogP contribution >= 0.6 is 11.8 Å². The first-order chi connectivity index (χ1) is 10.2. The highest BCUT2D eigenvalue weighted by atomic mass is 32.2. The Hall–Kier alpha value is -1.69. The lowest BCUT2D eigenvalue weighted by molar-refractivity contribution is 0.252. The summed E-state index contributed by atoms with van der Waals surface area (Å²) in [6.07, 6.45) is 3.36. The van der Waals surface area contributed by atoms with E-state index in [0.29, 0.717) is 16.7 Å². The van der Waals surface area contributed by atoms with E-state index in [4.69, 9.17) is 0 Å². The maximum absolute atomic E-state index is 12.3. The van der Waals surface area contributed by atoms with E-state index in [-0.39, 0.29) is 0 Å². The van der Waals surface area contributed by atoms with E-state index in [0.717, 1.165) is 35.5 Å². The Labute approximate surface area is 127 Å². The molecule has 0 fully saturated rings. The van der Waals surface area contributed by atoms with E-state index in [1.165, 1.54) is 6.33 Å². The molecule has 6 heteroatoms. The van der Waals surface area contributed by atoms with Crippen molar-refractivity contribution in [3.05, 3.63) is 36.2 Å². The predicted octanol–water partition coefficient (Wildman–Crippen LogP) is 4.45. The second kappa shape index (κ2) is 7.36. The van der Waals surface area contributed by atoms with Crippen molar-refractivity contribution >= 4 is 17.6 Å². The fourth-order valence-electron chi connectivity index (χ4n) is 2.16. The summed E-state index contributed by atoms with van der Waals surface area (Å²) in [5.74, 6) is -1.59. The number of benzene rings is 1. The average molecular weight is 309 g/mol. The molecule has 0 amide bonds. The molecule has 3 nitrogen and oxygen atoms in total. The first kappa shape index (κ1) is 15.7. The molecular formula is C15H17F2N3S.